The van der Waals surface area contributed by atoms with Crippen LogP contribution in [0.3, 0.4) is 0 Å². The van der Waals surface area contributed by atoms with Crippen LogP contribution in [0.2, 0.25) is 0 Å². The normalized spacial score (nSPS) is 12.1. The van der Waals surface area contributed by atoms with E-state index in [1.54, 1.807) is 0 Å². The molecule has 3 aromatic heterocycles. The Labute approximate surface area is 426 Å². The van der Waals surface area contributed by atoms with Crippen molar-refractivity contribution in [3.8, 4) is 112 Å². The summed E-state index contributed by atoms with van der Waals surface area (Å²) >= 11 is 0. The number of hydrogen-bond acceptors (Lipinski definition) is 3. The molecule has 0 aliphatic heterocycles. The maximum Gasteiger partial charge on any atom is 0.240 e. The molecular weight excluding hydrogens is 899 g/mol. The molecule has 342 valence electrons. The van der Waals surface area contributed by atoms with E-state index in [1.807, 2.05) is 6.07 Å². The molecule has 0 amide bonds. The largest absolute Gasteiger partial charge is 0.278 e. The highest BCUT2D eigenvalue weighted by molar-refractivity contribution is 6.16. The smallest absolute Gasteiger partial charge is 0.240 e. The van der Waals surface area contributed by atoms with Gasteiger partial charge in [0.15, 0.2) is 5.82 Å². The van der Waals surface area contributed by atoms with Crippen molar-refractivity contribution < 1.29 is 0 Å². The molecule has 2 aliphatic rings. The Morgan fingerprint density at radius 3 is 0.811 bits per heavy atom. The summed E-state index contributed by atoms with van der Waals surface area (Å²) in [6.45, 7) is 0. The summed E-state index contributed by atoms with van der Waals surface area (Å²) in [6, 6.07) is 90.3. The molecule has 0 N–H and O–H groups in total. The molecular formula is C69H41N5. The molecule has 2 aliphatic carbocycles. The van der Waals surface area contributed by atoms with Crippen LogP contribution >= 0.6 is 0 Å². The summed E-state index contributed by atoms with van der Waals surface area (Å²) in [5, 5.41) is 4.50. The summed E-state index contributed by atoms with van der Waals surface area (Å²) in [4.78, 5) is 16.6. The Bertz CT molecular complexity index is 4400. The summed E-state index contributed by atoms with van der Waals surface area (Å²) < 4.78 is 4.52. The van der Waals surface area contributed by atoms with Gasteiger partial charge in [-0.3, -0.25) is 9.13 Å². The van der Waals surface area contributed by atoms with Gasteiger partial charge in [-0.05, 0) is 125 Å². The lowest BCUT2D eigenvalue weighted by Gasteiger charge is -2.23. The van der Waals surface area contributed by atoms with Crippen LogP contribution in [-0.4, -0.2) is 24.1 Å². The molecule has 0 unspecified atom stereocenters. The van der Waals surface area contributed by atoms with Crippen LogP contribution in [0.1, 0.15) is 0 Å². The van der Waals surface area contributed by atoms with Crippen molar-refractivity contribution >= 4 is 43.6 Å². The van der Waals surface area contributed by atoms with Crippen molar-refractivity contribution in [3.05, 3.63) is 249 Å². The quantitative estimate of drug-likeness (QED) is 0.177. The minimum atomic E-state index is 0.540. The summed E-state index contributed by atoms with van der Waals surface area (Å²) in [6.07, 6.45) is 0. The summed E-state index contributed by atoms with van der Waals surface area (Å²) in [5.74, 6) is 1.67. The fourth-order valence-corrected chi connectivity index (χ4v) is 12.3. The van der Waals surface area contributed by atoms with Gasteiger partial charge in [-0.1, -0.05) is 212 Å². The molecule has 0 fully saturated rings. The van der Waals surface area contributed by atoms with Gasteiger partial charge in [-0.15, -0.1) is 0 Å². The van der Waals surface area contributed by atoms with Gasteiger partial charge in [-0.2, -0.15) is 15.0 Å². The predicted octanol–water partition coefficient (Wildman–Crippen LogP) is 17.7. The van der Waals surface area contributed by atoms with Gasteiger partial charge in [0.2, 0.25) is 11.9 Å². The van der Waals surface area contributed by atoms with Gasteiger partial charge < -0.3 is 0 Å². The monoisotopic (exact) mass is 939 g/mol. The van der Waals surface area contributed by atoms with E-state index >= 15 is 0 Å². The minimum absolute atomic E-state index is 0.540. The lowest BCUT2D eigenvalue weighted by Crippen LogP contribution is -2.10. The number of benzene rings is 11. The standard InChI is InChI=1S/C69H41N5/c1-2-20-42(21-3-1)67-70-68(73-63-36-18-16-34-55(63)61-38-57-51-30-12-8-26-47(51)43-22-4-6-24-45(43)49-28-10-14-32-53(49)59(57)40-65(61)73)72-69(71-67)74-64-37-19-17-35-56(64)62-39-58-52-31-13-9-27-48(52)44-23-5-7-25-46(44)50-29-11-15-33-54(50)60(58)41-66(62)74/h1-41H. The Morgan fingerprint density at radius 1 is 0.203 bits per heavy atom. The Kier molecular flexibility index (Phi) is 8.68. The van der Waals surface area contributed by atoms with Gasteiger partial charge in [-0.25, -0.2) is 0 Å². The number of para-hydroxylation sites is 2. The predicted molar refractivity (Wildman–Crippen MR) is 305 cm³/mol. The van der Waals surface area contributed by atoms with E-state index < -0.39 is 0 Å². The van der Waals surface area contributed by atoms with E-state index in [9.17, 15) is 0 Å². The van der Waals surface area contributed by atoms with E-state index in [1.165, 1.54) is 77.9 Å². The van der Waals surface area contributed by atoms with E-state index in [-0.39, 0.29) is 0 Å². The first kappa shape index (κ1) is 40.7. The van der Waals surface area contributed by atoms with Crippen molar-refractivity contribution in [2.75, 3.05) is 0 Å². The molecule has 11 aromatic carbocycles. The number of nitrogens with zero attached hydrogens (tertiary/aromatic N) is 5. The van der Waals surface area contributed by atoms with Crippen LogP contribution in [0.4, 0.5) is 0 Å². The fourth-order valence-electron chi connectivity index (χ4n) is 12.3. The third kappa shape index (κ3) is 5.89. The number of rotatable bonds is 3. The third-order valence-electron chi connectivity index (χ3n) is 15.6. The Morgan fingerprint density at radius 2 is 0.473 bits per heavy atom. The van der Waals surface area contributed by atoms with Crippen LogP contribution in [0, 0.1) is 0 Å². The molecule has 0 spiro atoms. The Balaban J connectivity index is 1.00. The highest BCUT2D eigenvalue weighted by atomic mass is 15.3. The zero-order valence-electron chi connectivity index (χ0n) is 39.9. The van der Waals surface area contributed by atoms with Gasteiger partial charge in [0.25, 0.3) is 0 Å². The van der Waals surface area contributed by atoms with Crippen molar-refractivity contribution in [2.24, 2.45) is 0 Å². The van der Waals surface area contributed by atoms with E-state index in [2.05, 4.69) is 252 Å². The lowest BCUT2D eigenvalue weighted by atomic mass is 9.80. The van der Waals surface area contributed by atoms with Crippen molar-refractivity contribution in [1.29, 1.82) is 0 Å². The molecule has 14 aromatic rings. The van der Waals surface area contributed by atoms with Crippen molar-refractivity contribution in [2.45, 2.75) is 0 Å². The van der Waals surface area contributed by atoms with Gasteiger partial charge >= 0.3 is 0 Å². The van der Waals surface area contributed by atoms with E-state index in [4.69, 9.17) is 15.0 Å². The first-order valence-corrected chi connectivity index (χ1v) is 25.3. The van der Waals surface area contributed by atoms with E-state index in [0.29, 0.717) is 17.7 Å². The highest BCUT2D eigenvalue weighted by Crippen LogP contribution is 2.52. The zero-order chi connectivity index (χ0) is 48.4. The average Bonchev–Trinajstić information content (AvgIpc) is 4.02. The first-order chi connectivity index (χ1) is 36.7. The van der Waals surface area contributed by atoms with Crippen molar-refractivity contribution in [1.82, 2.24) is 24.1 Å². The average molecular weight is 940 g/mol. The molecule has 5 heteroatoms. The molecule has 0 atom stereocenters. The van der Waals surface area contributed by atoms with Crippen LogP contribution in [0.15, 0.2) is 249 Å². The second kappa shape index (κ2) is 15.8. The van der Waals surface area contributed by atoms with Crippen LogP contribution in [0.25, 0.3) is 156 Å². The zero-order valence-corrected chi connectivity index (χ0v) is 39.9. The Hall–Kier alpha value is -9.97. The lowest BCUT2D eigenvalue weighted by molar-refractivity contribution is 0.893. The molecule has 0 saturated heterocycles. The fraction of sp³-hybridized carbons (Fsp3) is 0. The van der Waals surface area contributed by atoms with E-state index in [0.717, 1.165) is 60.3 Å². The number of hydrogen-bond donors (Lipinski definition) is 0. The van der Waals surface area contributed by atoms with Crippen LogP contribution < -0.4 is 0 Å². The minimum Gasteiger partial charge on any atom is -0.278 e. The molecule has 5 nitrogen and oxygen atoms in total. The molecule has 0 saturated carbocycles. The first-order valence-electron chi connectivity index (χ1n) is 25.3. The molecule has 74 heavy (non-hydrogen) atoms. The highest BCUT2D eigenvalue weighted by Gasteiger charge is 2.28. The van der Waals surface area contributed by atoms with Crippen LogP contribution in [0.5, 0.6) is 0 Å². The second-order valence-corrected chi connectivity index (χ2v) is 19.4. The summed E-state index contributed by atoms with van der Waals surface area (Å²) in [7, 11) is 0. The van der Waals surface area contributed by atoms with Gasteiger partial charge in [0.05, 0.1) is 22.1 Å². The number of fused-ring (bicyclic) bond motifs is 22. The molecule has 0 radical (unpaired) electrons. The second-order valence-electron chi connectivity index (χ2n) is 19.4. The SMILES string of the molecule is c1ccc(-c2nc(-n3c4ccccc4c4cc5c(cc43)-c3ccccc3-c3ccccc3-c3ccccc3-5)nc(-n3c4ccccc4c4cc5c(cc43)-c3ccccc3-c3ccccc3-c3ccccc3-5)n2)cc1. The van der Waals surface area contributed by atoms with Gasteiger partial charge in [0.1, 0.15) is 0 Å². The summed E-state index contributed by atoms with van der Waals surface area (Å²) in [5.41, 5.74) is 24.1. The molecule has 3 heterocycles. The molecule has 16 rings (SSSR count). The number of aromatic nitrogens is 5. The van der Waals surface area contributed by atoms with Crippen LogP contribution in [-0.2, 0) is 0 Å². The molecule has 0 bridgehead atoms. The maximum atomic E-state index is 5.66. The van der Waals surface area contributed by atoms with Crippen molar-refractivity contribution in [3.63, 3.8) is 0 Å². The topological polar surface area (TPSA) is 48.5 Å². The third-order valence-corrected chi connectivity index (χ3v) is 15.6. The maximum absolute atomic E-state index is 5.66. The van der Waals surface area contributed by atoms with Gasteiger partial charge in [0, 0.05) is 27.1 Å².